The van der Waals surface area contributed by atoms with E-state index >= 15 is 0 Å². The summed E-state index contributed by atoms with van der Waals surface area (Å²) >= 11 is 1.50. The highest BCUT2D eigenvalue weighted by molar-refractivity contribution is 8.14. The van der Waals surface area contributed by atoms with E-state index in [-0.39, 0.29) is 28.4 Å². The molecule has 1 atom stereocenters. The van der Waals surface area contributed by atoms with Crippen LogP contribution in [0.1, 0.15) is 67.9 Å². The van der Waals surface area contributed by atoms with Crippen molar-refractivity contribution in [2.24, 2.45) is 4.99 Å². The van der Waals surface area contributed by atoms with Crippen molar-refractivity contribution in [3.05, 3.63) is 39.7 Å². The molecular weight excluding hydrogens is 350 g/mol. The third-order valence-corrected chi connectivity index (χ3v) is 6.42. The predicted molar refractivity (Wildman–Crippen MR) is 104 cm³/mol. The van der Waals surface area contributed by atoms with Crippen LogP contribution in [0.2, 0.25) is 0 Å². The van der Waals surface area contributed by atoms with Gasteiger partial charge in [-0.15, -0.1) is 0 Å². The average Bonchev–Trinajstić information content (AvgIpc) is 2.80. The van der Waals surface area contributed by atoms with Crippen molar-refractivity contribution in [3.8, 4) is 11.5 Å². The van der Waals surface area contributed by atoms with Crippen LogP contribution in [0.3, 0.4) is 0 Å². The second-order valence-corrected chi connectivity index (χ2v) is 8.37. The molecule has 1 fully saturated rings. The fraction of sp³-hybridized carbons (Fsp3) is 0.474. The molecule has 2 aliphatic rings. The molecule has 7 heteroatoms. The molecule has 1 aliphatic carbocycles. The molecule has 0 radical (unpaired) electrons. The number of hydrogen-bond donors (Lipinski definition) is 3. The number of aromatic hydroxyl groups is 2. The van der Waals surface area contributed by atoms with Gasteiger partial charge in [0.05, 0.1) is 21.9 Å². The number of thioether (sulfide) groups is 1. The van der Waals surface area contributed by atoms with Crippen molar-refractivity contribution in [1.82, 2.24) is 9.78 Å². The Kier molecular flexibility index (Phi) is 4.56. The first-order valence-corrected chi connectivity index (χ1v) is 10.0. The van der Waals surface area contributed by atoms with Gasteiger partial charge in [0, 0.05) is 0 Å². The summed E-state index contributed by atoms with van der Waals surface area (Å²) in [6, 6.07) is 5.01. The smallest absolute Gasteiger partial charge is 0.271 e. The minimum Gasteiger partial charge on any atom is -0.504 e. The van der Waals surface area contributed by atoms with Gasteiger partial charge in [0.2, 0.25) is 0 Å². The van der Waals surface area contributed by atoms with Gasteiger partial charge in [-0.05, 0) is 37.5 Å². The topological polar surface area (TPSA) is 90.6 Å². The number of nitrogens with zero attached hydrogens (tertiary/aromatic N) is 2. The zero-order chi connectivity index (χ0) is 18.3. The predicted octanol–water partition coefficient (Wildman–Crippen LogP) is 4.37. The Bertz CT molecular complexity index is 907. The van der Waals surface area contributed by atoms with Gasteiger partial charge in [-0.3, -0.25) is 14.6 Å². The molecule has 0 spiro atoms. The second-order valence-electron chi connectivity index (χ2n) is 7.07. The summed E-state index contributed by atoms with van der Waals surface area (Å²) in [7, 11) is 0. The normalized spacial score (nSPS) is 21.1. The van der Waals surface area contributed by atoms with E-state index in [9.17, 15) is 15.0 Å². The molecular formula is C19H23N3O3S. The maximum atomic E-state index is 12.8. The molecule has 0 bridgehead atoms. The molecule has 138 valence electrons. The Morgan fingerprint density at radius 3 is 2.58 bits per heavy atom. The molecule has 0 saturated heterocycles. The Labute approximate surface area is 156 Å². The van der Waals surface area contributed by atoms with Crippen LogP contribution >= 0.6 is 11.8 Å². The number of rotatable bonds is 2. The van der Waals surface area contributed by atoms with Crippen LogP contribution in [0.25, 0.3) is 0 Å². The number of aliphatic imine (C=N–C) groups is 1. The lowest BCUT2D eigenvalue weighted by Crippen LogP contribution is -2.13. The van der Waals surface area contributed by atoms with Crippen LogP contribution in [0.15, 0.2) is 28.0 Å². The molecule has 1 aromatic heterocycles. The van der Waals surface area contributed by atoms with Gasteiger partial charge in [0.1, 0.15) is 0 Å². The molecule has 26 heavy (non-hydrogen) atoms. The number of benzene rings is 1. The van der Waals surface area contributed by atoms with Gasteiger partial charge < -0.3 is 10.2 Å². The Hall–Kier alpha value is -2.15. The van der Waals surface area contributed by atoms with E-state index < -0.39 is 0 Å². The zero-order valence-electron chi connectivity index (χ0n) is 14.7. The fourth-order valence-electron chi connectivity index (χ4n) is 3.93. The Balaban J connectivity index is 1.80. The molecule has 2 aromatic rings. The lowest BCUT2D eigenvalue weighted by atomic mass is 10.0. The molecule has 1 unspecified atom stereocenters. The summed E-state index contributed by atoms with van der Waals surface area (Å²) in [5.41, 5.74) is 1.30. The first-order valence-electron chi connectivity index (χ1n) is 9.13. The summed E-state index contributed by atoms with van der Waals surface area (Å²) in [5.74, 6) is 0.380. The van der Waals surface area contributed by atoms with Gasteiger partial charge in [-0.2, -0.15) is 0 Å². The molecule has 0 amide bonds. The van der Waals surface area contributed by atoms with Crippen molar-refractivity contribution in [1.29, 1.82) is 0 Å². The highest BCUT2D eigenvalue weighted by atomic mass is 32.2. The van der Waals surface area contributed by atoms with Crippen LogP contribution in [0.5, 0.6) is 11.5 Å². The molecule has 1 saturated carbocycles. The van der Waals surface area contributed by atoms with Crippen molar-refractivity contribution in [2.75, 3.05) is 0 Å². The number of fused-ring (bicyclic) bond motifs is 1. The number of aromatic nitrogens is 2. The van der Waals surface area contributed by atoms with E-state index in [1.807, 2.05) is 11.6 Å². The Morgan fingerprint density at radius 2 is 1.88 bits per heavy atom. The third kappa shape index (κ3) is 3.05. The number of H-pyrrole nitrogens is 1. The summed E-state index contributed by atoms with van der Waals surface area (Å²) in [6.07, 6.45) is 6.96. The van der Waals surface area contributed by atoms with E-state index in [0.717, 1.165) is 29.3 Å². The van der Waals surface area contributed by atoms with E-state index in [0.29, 0.717) is 5.56 Å². The first kappa shape index (κ1) is 17.3. The summed E-state index contributed by atoms with van der Waals surface area (Å²) in [4.78, 5) is 17.5. The molecule has 3 N–H and O–H groups in total. The van der Waals surface area contributed by atoms with Gasteiger partial charge in [-0.1, -0.05) is 43.5 Å². The van der Waals surface area contributed by atoms with Gasteiger partial charge in [0.25, 0.3) is 5.56 Å². The monoisotopic (exact) mass is 373 g/mol. The maximum Gasteiger partial charge on any atom is 0.271 e. The van der Waals surface area contributed by atoms with E-state index in [2.05, 4.69) is 10.1 Å². The first-order chi connectivity index (χ1) is 12.5. The molecule has 4 rings (SSSR count). The third-order valence-electron chi connectivity index (χ3n) is 5.24. The Morgan fingerprint density at radius 1 is 1.15 bits per heavy atom. The number of nitrogens with one attached hydrogen (secondary N) is 1. The minimum absolute atomic E-state index is 0.120. The van der Waals surface area contributed by atoms with Crippen LogP contribution in [0, 0.1) is 0 Å². The van der Waals surface area contributed by atoms with Crippen molar-refractivity contribution < 1.29 is 10.2 Å². The molecule has 2 heterocycles. The second kappa shape index (κ2) is 6.87. The van der Waals surface area contributed by atoms with E-state index in [4.69, 9.17) is 0 Å². The maximum absolute atomic E-state index is 12.8. The van der Waals surface area contributed by atoms with E-state index in [1.165, 1.54) is 49.6 Å². The zero-order valence-corrected chi connectivity index (χ0v) is 15.6. The van der Waals surface area contributed by atoms with Gasteiger partial charge in [-0.25, -0.2) is 4.99 Å². The SMILES string of the molecule is CC1=Nc2c(c(=O)[nH]n2C2CCCCCC2)C(c2ccc(O)c(O)c2)S1. The summed E-state index contributed by atoms with van der Waals surface area (Å²) < 4.78 is 1.97. The van der Waals surface area contributed by atoms with Crippen LogP contribution in [-0.4, -0.2) is 25.0 Å². The number of hydrogen-bond acceptors (Lipinski definition) is 5. The summed E-state index contributed by atoms with van der Waals surface area (Å²) in [5, 5.41) is 23.1. The van der Waals surface area contributed by atoms with Gasteiger partial charge in [0.15, 0.2) is 17.3 Å². The van der Waals surface area contributed by atoms with Crippen molar-refractivity contribution in [2.45, 2.75) is 56.7 Å². The number of aromatic amines is 1. The van der Waals surface area contributed by atoms with Gasteiger partial charge >= 0.3 is 0 Å². The number of phenolic OH excluding ortho intramolecular Hbond substituents is 2. The largest absolute Gasteiger partial charge is 0.504 e. The molecule has 1 aliphatic heterocycles. The van der Waals surface area contributed by atoms with Crippen LogP contribution in [-0.2, 0) is 0 Å². The highest BCUT2D eigenvalue weighted by Crippen LogP contribution is 2.46. The summed E-state index contributed by atoms with van der Waals surface area (Å²) in [6.45, 7) is 1.94. The van der Waals surface area contributed by atoms with Crippen LogP contribution < -0.4 is 5.56 Å². The number of phenols is 2. The lowest BCUT2D eigenvalue weighted by Gasteiger charge is -2.23. The molecule has 1 aromatic carbocycles. The average molecular weight is 373 g/mol. The van der Waals surface area contributed by atoms with Crippen LogP contribution in [0.4, 0.5) is 5.82 Å². The standard InChI is InChI=1S/C19H23N3O3S/c1-11-20-18-16(17(26-11)12-8-9-14(23)15(24)10-12)19(25)21-22(18)13-6-4-2-3-5-7-13/h8-10,13,17,23-24H,2-7H2,1H3,(H,21,25). The van der Waals surface area contributed by atoms with E-state index in [1.54, 1.807) is 6.07 Å². The minimum atomic E-state index is -0.246. The van der Waals surface area contributed by atoms with Crippen molar-refractivity contribution >= 4 is 22.6 Å². The molecule has 6 nitrogen and oxygen atoms in total. The fourth-order valence-corrected chi connectivity index (χ4v) is 5.02. The lowest BCUT2D eigenvalue weighted by molar-refractivity contribution is 0.403. The van der Waals surface area contributed by atoms with Crippen molar-refractivity contribution in [3.63, 3.8) is 0 Å². The highest BCUT2D eigenvalue weighted by Gasteiger charge is 2.32. The quantitative estimate of drug-likeness (QED) is 0.538.